The number of hydrogen-bond donors (Lipinski definition) is 2. The largest absolute Gasteiger partial charge is 0.395 e. The molecule has 0 amide bonds. The molecule has 3 N–H and O–H groups in total. The second-order valence-corrected chi connectivity index (χ2v) is 5.49. The van der Waals surface area contributed by atoms with Crippen molar-refractivity contribution in [1.82, 2.24) is 4.90 Å². The smallest absolute Gasteiger partial charge is 0.390 e. The van der Waals surface area contributed by atoms with Crippen molar-refractivity contribution < 1.29 is 18.3 Å². The van der Waals surface area contributed by atoms with Crippen LogP contribution >= 0.6 is 0 Å². The monoisotopic (exact) mass is 256 g/mol. The topological polar surface area (TPSA) is 49.5 Å². The lowest BCUT2D eigenvalue weighted by molar-refractivity contribution is -0.139. The summed E-state index contributed by atoms with van der Waals surface area (Å²) in [6.45, 7) is 5.30. The second-order valence-electron chi connectivity index (χ2n) is 5.49. The molecular weight excluding hydrogens is 233 g/mol. The molecule has 0 aliphatic rings. The third-order valence-corrected chi connectivity index (χ3v) is 2.92. The summed E-state index contributed by atoms with van der Waals surface area (Å²) in [7, 11) is 1.55. The molecule has 0 radical (unpaired) electrons. The Morgan fingerprint density at radius 2 is 1.71 bits per heavy atom. The summed E-state index contributed by atoms with van der Waals surface area (Å²) in [4.78, 5) is 1.48. The Kier molecular flexibility index (Phi) is 5.90. The average Bonchev–Trinajstić information content (AvgIpc) is 2.13. The van der Waals surface area contributed by atoms with Crippen molar-refractivity contribution in [3.63, 3.8) is 0 Å². The van der Waals surface area contributed by atoms with Gasteiger partial charge in [0.2, 0.25) is 0 Å². The van der Waals surface area contributed by atoms with E-state index < -0.39 is 18.6 Å². The number of likely N-dealkylation sites (N-methyl/N-ethyl adjacent to an activating group) is 1. The molecule has 0 saturated heterocycles. The summed E-state index contributed by atoms with van der Waals surface area (Å²) < 4.78 is 36.3. The van der Waals surface area contributed by atoms with Crippen LogP contribution in [0.15, 0.2) is 0 Å². The van der Waals surface area contributed by atoms with Crippen LogP contribution in [-0.4, -0.2) is 48.5 Å². The highest BCUT2D eigenvalue weighted by Gasteiger charge is 2.33. The van der Waals surface area contributed by atoms with Crippen LogP contribution in [0.5, 0.6) is 0 Å². The minimum absolute atomic E-state index is 0.154. The van der Waals surface area contributed by atoms with Crippen LogP contribution in [0.1, 0.15) is 27.2 Å². The fraction of sp³-hybridized carbons (Fsp3) is 1.00. The number of alkyl halides is 3. The molecule has 0 bridgehead atoms. The summed E-state index contributed by atoms with van der Waals surface area (Å²) in [5.41, 5.74) is 5.70. The van der Waals surface area contributed by atoms with Crippen LogP contribution in [0.2, 0.25) is 0 Å². The van der Waals surface area contributed by atoms with E-state index in [9.17, 15) is 18.3 Å². The van der Waals surface area contributed by atoms with E-state index in [1.54, 1.807) is 7.05 Å². The van der Waals surface area contributed by atoms with Gasteiger partial charge in [-0.25, -0.2) is 0 Å². The number of halogens is 3. The predicted octanol–water partition coefficient (Wildman–Crippen LogP) is 1.60. The Bertz CT molecular complexity index is 226. The third-order valence-electron chi connectivity index (χ3n) is 2.92. The van der Waals surface area contributed by atoms with E-state index in [1.807, 2.05) is 20.8 Å². The number of aliphatic hydroxyl groups excluding tert-OH is 1. The molecule has 6 heteroatoms. The average molecular weight is 256 g/mol. The summed E-state index contributed by atoms with van der Waals surface area (Å²) in [5, 5.41) is 9.26. The van der Waals surface area contributed by atoms with Crippen molar-refractivity contribution >= 4 is 0 Å². The highest BCUT2D eigenvalue weighted by Crippen LogP contribution is 2.24. The van der Waals surface area contributed by atoms with Crippen LogP contribution in [0, 0.1) is 5.41 Å². The molecular formula is C11H23F3N2O. The van der Waals surface area contributed by atoms with Crippen molar-refractivity contribution in [2.24, 2.45) is 11.1 Å². The minimum atomic E-state index is -4.18. The van der Waals surface area contributed by atoms with Gasteiger partial charge < -0.3 is 10.8 Å². The highest BCUT2D eigenvalue weighted by atomic mass is 19.4. The van der Waals surface area contributed by atoms with Gasteiger partial charge in [-0.1, -0.05) is 20.8 Å². The molecule has 0 saturated carbocycles. The van der Waals surface area contributed by atoms with E-state index in [2.05, 4.69) is 0 Å². The molecule has 0 aromatic carbocycles. The molecule has 104 valence electrons. The fourth-order valence-electron chi connectivity index (χ4n) is 1.57. The first-order valence-electron chi connectivity index (χ1n) is 5.62. The molecule has 0 aromatic rings. The first kappa shape index (κ1) is 16.7. The Balaban J connectivity index is 4.46. The van der Waals surface area contributed by atoms with Gasteiger partial charge in [0.15, 0.2) is 0 Å². The summed E-state index contributed by atoms with van der Waals surface area (Å²) in [6.07, 6.45) is -5.07. The van der Waals surface area contributed by atoms with Crippen LogP contribution in [-0.2, 0) is 0 Å². The maximum atomic E-state index is 12.1. The zero-order valence-corrected chi connectivity index (χ0v) is 10.9. The standard InChI is InChI=1S/C11H23F3N2O/c1-10(2,3)9(15)8(7-17)16(4)6-5-11(12,13)14/h8-9,17H,5-7,15H2,1-4H3. The number of aliphatic hydroxyl groups is 1. The van der Waals surface area contributed by atoms with Gasteiger partial charge in [-0.05, 0) is 12.5 Å². The van der Waals surface area contributed by atoms with Crippen LogP contribution in [0.25, 0.3) is 0 Å². The molecule has 0 fully saturated rings. The van der Waals surface area contributed by atoms with E-state index >= 15 is 0 Å². The molecule has 17 heavy (non-hydrogen) atoms. The van der Waals surface area contributed by atoms with Crippen LogP contribution in [0.4, 0.5) is 13.2 Å². The van der Waals surface area contributed by atoms with Crippen molar-refractivity contribution in [2.75, 3.05) is 20.2 Å². The molecule has 0 aliphatic heterocycles. The number of rotatable bonds is 5. The maximum Gasteiger partial charge on any atom is 0.390 e. The van der Waals surface area contributed by atoms with Crippen molar-refractivity contribution in [1.29, 1.82) is 0 Å². The summed E-state index contributed by atoms with van der Waals surface area (Å²) in [5.74, 6) is 0. The normalized spacial score (nSPS) is 17.3. The number of hydrogen-bond acceptors (Lipinski definition) is 3. The van der Waals surface area contributed by atoms with E-state index in [-0.39, 0.29) is 24.6 Å². The van der Waals surface area contributed by atoms with E-state index in [1.165, 1.54) is 4.90 Å². The van der Waals surface area contributed by atoms with Gasteiger partial charge in [0, 0.05) is 18.6 Å². The molecule has 0 heterocycles. The Hall–Kier alpha value is -0.330. The molecule has 0 aromatic heterocycles. The second kappa shape index (κ2) is 6.02. The van der Waals surface area contributed by atoms with Gasteiger partial charge >= 0.3 is 6.18 Å². The lowest BCUT2D eigenvalue weighted by Crippen LogP contribution is -2.54. The van der Waals surface area contributed by atoms with Crippen LogP contribution < -0.4 is 5.73 Å². The Morgan fingerprint density at radius 3 is 2.00 bits per heavy atom. The SMILES string of the molecule is CN(CCC(F)(F)F)C(CO)C(N)C(C)(C)C. The molecule has 0 rings (SSSR count). The van der Waals surface area contributed by atoms with Gasteiger partial charge in [0.25, 0.3) is 0 Å². The number of nitrogens with two attached hydrogens (primary N) is 1. The van der Waals surface area contributed by atoms with Gasteiger partial charge in [-0.15, -0.1) is 0 Å². The summed E-state index contributed by atoms with van der Waals surface area (Å²) in [6, 6.07) is -0.844. The molecule has 3 nitrogen and oxygen atoms in total. The lowest BCUT2D eigenvalue weighted by atomic mass is 9.82. The molecule has 0 spiro atoms. The first-order chi connectivity index (χ1) is 7.49. The Labute approximate surface area is 101 Å². The zero-order valence-electron chi connectivity index (χ0n) is 10.9. The van der Waals surface area contributed by atoms with E-state index in [0.717, 1.165) is 0 Å². The zero-order chi connectivity index (χ0) is 13.9. The van der Waals surface area contributed by atoms with Gasteiger partial charge in [0.05, 0.1) is 13.0 Å². The molecule has 2 unspecified atom stereocenters. The van der Waals surface area contributed by atoms with Crippen molar-refractivity contribution in [3.8, 4) is 0 Å². The summed E-state index contributed by atoms with van der Waals surface area (Å²) >= 11 is 0. The van der Waals surface area contributed by atoms with E-state index in [0.29, 0.717) is 0 Å². The first-order valence-corrected chi connectivity index (χ1v) is 5.62. The third kappa shape index (κ3) is 6.24. The van der Waals surface area contributed by atoms with Crippen molar-refractivity contribution in [2.45, 2.75) is 45.5 Å². The number of nitrogens with zero attached hydrogens (tertiary/aromatic N) is 1. The van der Waals surface area contributed by atoms with Gasteiger partial charge in [-0.3, -0.25) is 4.90 Å². The lowest BCUT2D eigenvalue weighted by Gasteiger charge is -2.38. The van der Waals surface area contributed by atoms with Crippen molar-refractivity contribution in [3.05, 3.63) is 0 Å². The van der Waals surface area contributed by atoms with Gasteiger partial charge in [-0.2, -0.15) is 13.2 Å². The van der Waals surface area contributed by atoms with Gasteiger partial charge in [0.1, 0.15) is 0 Å². The highest BCUT2D eigenvalue weighted by molar-refractivity contribution is 4.88. The predicted molar refractivity (Wildman–Crippen MR) is 61.6 cm³/mol. The maximum absolute atomic E-state index is 12.1. The fourth-order valence-corrected chi connectivity index (χ4v) is 1.57. The van der Waals surface area contributed by atoms with E-state index in [4.69, 9.17) is 5.73 Å². The Morgan fingerprint density at radius 1 is 1.24 bits per heavy atom. The minimum Gasteiger partial charge on any atom is -0.395 e. The quantitative estimate of drug-likeness (QED) is 0.785. The van der Waals surface area contributed by atoms with Crippen LogP contribution in [0.3, 0.4) is 0 Å². The molecule has 0 aliphatic carbocycles. The molecule has 2 atom stereocenters.